The van der Waals surface area contributed by atoms with E-state index in [1.807, 2.05) is 35.2 Å². The van der Waals surface area contributed by atoms with Crippen LogP contribution in [0, 0.1) is 5.92 Å². The van der Waals surface area contributed by atoms with Crippen molar-refractivity contribution in [3.63, 3.8) is 0 Å². The second-order valence-corrected chi connectivity index (χ2v) is 5.29. The van der Waals surface area contributed by atoms with Gasteiger partial charge >= 0.3 is 6.18 Å². The van der Waals surface area contributed by atoms with Gasteiger partial charge in [0, 0.05) is 25.6 Å². The number of hydrogen-bond acceptors (Lipinski definition) is 2. The summed E-state index contributed by atoms with van der Waals surface area (Å²) < 4.78 is 38.6. The summed E-state index contributed by atoms with van der Waals surface area (Å²) in [5.41, 5.74) is -1.47. The molecule has 0 spiro atoms. The molecule has 1 aliphatic rings. The summed E-state index contributed by atoms with van der Waals surface area (Å²) in [5, 5.41) is 9.81. The van der Waals surface area contributed by atoms with Crippen LogP contribution < -0.4 is 0 Å². The standard InChI is InChI=1S/C14H18F3NO/c1-11-9-18(10-12-5-3-2-4-6-12)8-7-13(11,19)14(15,16)17/h2-6,11,19H,7-10H2,1H3. The van der Waals surface area contributed by atoms with Crippen LogP contribution >= 0.6 is 0 Å². The molecule has 0 amide bonds. The van der Waals surface area contributed by atoms with Crippen LogP contribution in [-0.4, -0.2) is 34.9 Å². The predicted octanol–water partition coefficient (Wildman–Crippen LogP) is 2.82. The lowest BCUT2D eigenvalue weighted by Gasteiger charge is -2.43. The summed E-state index contributed by atoms with van der Waals surface area (Å²) in [6, 6.07) is 9.64. The van der Waals surface area contributed by atoms with E-state index in [2.05, 4.69) is 0 Å². The van der Waals surface area contributed by atoms with Crippen molar-refractivity contribution in [2.45, 2.75) is 31.7 Å². The average molecular weight is 273 g/mol. The van der Waals surface area contributed by atoms with Gasteiger partial charge in [0.1, 0.15) is 0 Å². The third kappa shape index (κ3) is 2.92. The minimum absolute atomic E-state index is 0.255. The van der Waals surface area contributed by atoms with Crippen molar-refractivity contribution in [1.29, 1.82) is 0 Å². The molecule has 0 aliphatic carbocycles. The van der Waals surface area contributed by atoms with E-state index in [-0.39, 0.29) is 19.5 Å². The first-order valence-corrected chi connectivity index (χ1v) is 6.38. The lowest BCUT2D eigenvalue weighted by molar-refractivity contribution is -0.290. The molecule has 2 atom stereocenters. The van der Waals surface area contributed by atoms with Crippen LogP contribution in [0.4, 0.5) is 13.2 Å². The van der Waals surface area contributed by atoms with Gasteiger partial charge in [0.05, 0.1) is 0 Å². The molecular formula is C14H18F3NO. The maximum absolute atomic E-state index is 12.9. The topological polar surface area (TPSA) is 23.5 Å². The van der Waals surface area contributed by atoms with E-state index in [9.17, 15) is 18.3 Å². The van der Waals surface area contributed by atoms with Crippen molar-refractivity contribution in [2.75, 3.05) is 13.1 Å². The van der Waals surface area contributed by atoms with Crippen LogP contribution in [0.15, 0.2) is 30.3 Å². The van der Waals surface area contributed by atoms with Gasteiger partial charge in [0.15, 0.2) is 5.60 Å². The first kappa shape index (κ1) is 14.3. The molecule has 5 heteroatoms. The zero-order chi connectivity index (χ0) is 14.1. The highest BCUT2D eigenvalue weighted by atomic mass is 19.4. The Hall–Kier alpha value is -1.07. The Bertz CT molecular complexity index is 420. The number of hydrogen-bond donors (Lipinski definition) is 1. The van der Waals surface area contributed by atoms with Crippen molar-refractivity contribution in [1.82, 2.24) is 4.90 Å². The third-order valence-corrected chi connectivity index (χ3v) is 3.90. The summed E-state index contributed by atoms with van der Waals surface area (Å²) in [5.74, 6) is -0.815. The van der Waals surface area contributed by atoms with Gasteiger partial charge in [0.25, 0.3) is 0 Å². The Morgan fingerprint density at radius 2 is 1.95 bits per heavy atom. The highest BCUT2D eigenvalue weighted by Crippen LogP contribution is 2.41. The SMILES string of the molecule is CC1CN(Cc2ccccc2)CCC1(O)C(F)(F)F. The van der Waals surface area contributed by atoms with E-state index in [1.54, 1.807) is 0 Å². The van der Waals surface area contributed by atoms with Crippen molar-refractivity contribution >= 4 is 0 Å². The van der Waals surface area contributed by atoms with E-state index >= 15 is 0 Å². The first-order valence-electron chi connectivity index (χ1n) is 6.38. The van der Waals surface area contributed by atoms with Crippen LogP contribution in [0.5, 0.6) is 0 Å². The smallest absolute Gasteiger partial charge is 0.380 e. The van der Waals surface area contributed by atoms with E-state index in [0.717, 1.165) is 5.56 Å². The molecule has 106 valence electrons. The maximum Gasteiger partial charge on any atom is 0.417 e. The normalized spacial score (nSPS) is 29.4. The molecule has 2 unspecified atom stereocenters. The van der Waals surface area contributed by atoms with E-state index in [4.69, 9.17) is 0 Å². The quantitative estimate of drug-likeness (QED) is 0.895. The molecule has 0 aromatic heterocycles. The van der Waals surface area contributed by atoms with Crippen molar-refractivity contribution < 1.29 is 18.3 Å². The van der Waals surface area contributed by atoms with Gasteiger partial charge in [-0.15, -0.1) is 0 Å². The molecule has 0 bridgehead atoms. The van der Waals surface area contributed by atoms with Gasteiger partial charge in [-0.05, 0) is 12.0 Å². The molecule has 1 heterocycles. The number of nitrogens with zero attached hydrogens (tertiary/aromatic N) is 1. The molecular weight excluding hydrogens is 255 g/mol. The van der Waals surface area contributed by atoms with Gasteiger partial charge in [-0.3, -0.25) is 4.90 Å². The fraction of sp³-hybridized carbons (Fsp3) is 0.571. The second kappa shape index (κ2) is 5.13. The Balaban J connectivity index is 2.01. The molecule has 0 saturated carbocycles. The highest BCUT2D eigenvalue weighted by Gasteiger charge is 2.58. The van der Waals surface area contributed by atoms with Gasteiger partial charge < -0.3 is 5.11 Å². The van der Waals surface area contributed by atoms with Crippen LogP contribution in [0.3, 0.4) is 0 Å². The van der Waals surface area contributed by atoms with E-state index < -0.39 is 17.7 Å². The lowest BCUT2D eigenvalue weighted by atomic mass is 9.81. The Labute approximate surface area is 110 Å². The lowest BCUT2D eigenvalue weighted by Crippen LogP contribution is -2.58. The van der Waals surface area contributed by atoms with Crippen LogP contribution in [0.25, 0.3) is 0 Å². The molecule has 1 aromatic rings. The van der Waals surface area contributed by atoms with Crippen molar-refractivity contribution in [3.05, 3.63) is 35.9 Å². The monoisotopic (exact) mass is 273 g/mol. The highest BCUT2D eigenvalue weighted by molar-refractivity contribution is 5.14. The zero-order valence-electron chi connectivity index (χ0n) is 10.8. The summed E-state index contributed by atoms with van der Waals surface area (Å²) in [4.78, 5) is 1.96. The van der Waals surface area contributed by atoms with E-state index in [1.165, 1.54) is 6.92 Å². The number of halogens is 3. The fourth-order valence-electron chi connectivity index (χ4n) is 2.61. The minimum atomic E-state index is -4.55. The van der Waals surface area contributed by atoms with Gasteiger partial charge in [-0.1, -0.05) is 37.3 Å². The summed E-state index contributed by atoms with van der Waals surface area (Å²) in [6.45, 7) is 2.60. The number of piperidine rings is 1. The summed E-state index contributed by atoms with van der Waals surface area (Å²) in [6.07, 6.45) is -4.81. The number of benzene rings is 1. The molecule has 1 fully saturated rings. The number of likely N-dealkylation sites (tertiary alicyclic amines) is 1. The van der Waals surface area contributed by atoms with Gasteiger partial charge in [0.2, 0.25) is 0 Å². The van der Waals surface area contributed by atoms with E-state index in [0.29, 0.717) is 6.54 Å². The Morgan fingerprint density at radius 3 is 2.47 bits per heavy atom. The Morgan fingerprint density at radius 1 is 1.32 bits per heavy atom. The predicted molar refractivity (Wildman–Crippen MR) is 66.5 cm³/mol. The molecule has 1 aromatic carbocycles. The minimum Gasteiger partial charge on any atom is -0.380 e. The molecule has 1 saturated heterocycles. The third-order valence-electron chi connectivity index (χ3n) is 3.90. The van der Waals surface area contributed by atoms with Crippen molar-refractivity contribution in [3.8, 4) is 0 Å². The summed E-state index contributed by atoms with van der Waals surface area (Å²) in [7, 11) is 0. The molecule has 1 aliphatic heterocycles. The van der Waals surface area contributed by atoms with Crippen LogP contribution in [0.2, 0.25) is 0 Å². The van der Waals surface area contributed by atoms with Crippen LogP contribution in [-0.2, 0) is 6.54 Å². The molecule has 0 radical (unpaired) electrons. The largest absolute Gasteiger partial charge is 0.417 e. The fourth-order valence-corrected chi connectivity index (χ4v) is 2.61. The number of rotatable bonds is 2. The second-order valence-electron chi connectivity index (χ2n) is 5.29. The van der Waals surface area contributed by atoms with Gasteiger partial charge in [-0.2, -0.15) is 13.2 Å². The van der Waals surface area contributed by atoms with Crippen LogP contribution in [0.1, 0.15) is 18.9 Å². The summed E-state index contributed by atoms with van der Waals surface area (Å²) >= 11 is 0. The first-order chi connectivity index (χ1) is 8.83. The number of alkyl halides is 3. The van der Waals surface area contributed by atoms with Gasteiger partial charge in [-0.25, -0.2) is 0 Å². The molecule has 19 heavy (non-hydrogen) atoms. The molecule has 2 rings (SSSR count). The maximum atomic E-state index is 12.9. The molecule has 1 N–H and O–H groups in total. The average Bonchev–Trinajstić information content (AvgIpc) is 2.34. The van der Waals surface area contributed by atoms with Crippen molar-refractivity contribution in [2.24, 2.45) is 5.92 Å². The molecule has 2 nitrogen and oxygen atoms in total. The number of aliphatic hydroxyl groups is 1. The Kier molecular flexibility index (Phi) is 3.87. The zero-order valence-corrected chi connectivity index (χ0v) is 10.8.